The van der Waals surface area contributed by atoms with Gasteiger partial charge in [-0.1, -0.05) is 48.5 Å². The lowest BCUT2D eigenvalue weighted by molar-refractivity contribution is 0.302. The molecule has 1 heterocycles. The molecule has 30 heavy (non-hydrogen) atoms. The number of nitrogens with zero attached hydrogens (tertiary/aromatic N) is 2. The summed E-state index contributed by atoms with van der Waals surface area (Å²) in [6.07, 6.45) is 1.68. The Morgan fingerprint density at radius 2 is 1.77 bits per heavy atom. The quantitative estimate of drug-likeness (QED) is 0.289. The Kier molecular flexibility index (Phi) is 6.10. The fourth-order valence-corrected chi connectivity index (χ4v) is 3.44. The minimum absolute atomic E-state index is 0.145. The van der Waals surface area contributed by atoms with Crippen molar-refractivity contribution in [3.63, 3.8) is 0 Å². The Bertz CT molecular complexity index is 1140. The molecule has 4 rings (SSSR count). The molecule has 0 spiro atoms. The number of anilines is 1. The van der Waals surface area contributed by atoms with E-state index in [-0.39, 0.29) is 12.4 Å². The van der Waals surface area contributed by atoms with E-state index in [0.717, 1.165) is 40.6 Å². The molecule has 0 unspecified atom stereocenters. The first-order chi connectivity index (χ1) is 14.7. The summed E-state index contributed by atoms with van der Waals surface area (Å²) in [6.45, 7) is 0.185. The molecular weight excluding hydrogens is 404 g/mol. The molecule has 1 aromatic heterocycles. The second-order valence-corrected chi connectivity index (χ2v) is 7.27. The van der Waals surface area contributed by atoms with Gasteiger partial charge in [-0.05, 0) is 17.2 Å². The number of benzene rings is 3. The average molecular weight is 421 g/mol. The highest BCUT2D eigenvalue weighted by Gasteiger charge is 2.04. The van der Waals surface area contributed by atoms with E-state index in [1.807, 2.05) is 60.0 Å². The summed E-state index contributed by atoms with van der Waals surface area (Å²) >= 11 is 1.47. The van der Waals surface area contributed by atoms with Crippen LogP contribution in [-0.4, -0.2) is 11.2 Å². The van der Waals surface area contributed by atoms with Gasteiger partial charge in [0.15, 0.2) is 0 Å². The predicted octanol–water partition coefficient (Wildman–Crippen LogP) is 6.11. The van der Waals surface area contributed by atoms with Gasteiger partial charge in [0.2, 0.25) is 5.13 Å². The Labute approximate surface area is 176 Å². The summed E-state index contributed by atoms with van der Waals surface area (Å²) < 4.78 is 32.0. The molecular formula is C23H17F2N3OS. The van der Waals surface area contributed by atoms with Gasteiger partial charge in [-0.15, -0.1) is 11.3 Å². The van der Waals surface area contributed by atoms with Crippen LogP contribution in [0.1, 0.15) is 11.1 Å². The van der Waals surface area contributed by atoms with E-state index in [9.17, 15) is 8.78 Å². The first-order valence-corrected chi connectivity index (χ1v) is 10.0. The molecule has 150 valence electrons. The van der Waals surface area contributed by atoms with Gasteiger partial charge in [-0.2, -0.15) is 5.10 Å². The highest BCUT2D eigenvalue weighted by molar-refractivity contribution is 7.14. The molecule has 0 amide bonds. The molecule has 4 aromatic rings. The van der Waals surface area contributed by atoms with Crippen molar-refractivity contribution in [3.05, 3.63) is 101 Å². The maximum absolute atomic E-state index is 13.2. The predicted molar refractivity (Wildman–Crippen MR) is 116 cm³/mol. The van der Waals surface area contributed by atoms with Crippen molar-refractivity contribution in [1.29, 1.82) is 0 Å². The first-order valence-electron chi connectivity index (χ1n) is 9.13. The lowest BCUT2D eigenvalue weighted by Crippen LogP contribution is -1.98. The zero-order valence-corrected chi connectivity index (χ0v) is 16.6. The number of halogens is 2. The van der Waals surface area contributed by atoms with Gasteiger partial charge in [0.1, 0.15) is 24.0 Å². The molecule has 0 saturated heterocycles. The van der Waals surface area contributed by atoms with E-state index < -0.39 is 11.6 Å². The fourth-order valence-electron chi connectivity index (χ4n) is 2.77. The van der Waals surface area contributed by atoms with Crippen molar-refractivity contribution >= 4 is 22.7 Å². The van der Waals surface area contributed by atoms with E-state index in [0.29, 0.717) is 5.13 Å². The van der Waals surface area contributed by atoms with Gasteiger partial charge in [0, 0.05) is 29.1 Å². The minimum Gasteiger partial charge on any atom is -0.489 e. The summed E-state index contributed by atoms with van der Waals surface area (Å²) in [5, 5.41) is 6.90. The Balaban J connectivity index is 1.36. The fraction of sp³-hybridized carbons (Fsp3) is 0.0435. The monoisotopic (exact) mass is 421 g/mol. The molecule has 0 aliphatic rings. The highest BCUT2D eigenvalue weighted by Crippen LogP contribution is 2.24. The molecule has 0 radical (unpaired) electrons. The number of hydrogen-bond acceptors (Lipinski definition) is 5. The van der Waals surface area contributed by atoms with Crippen LogP contribution in [0, 0.1) is 11.6 Å². The second kappa shape index (κ2) is 9.28. The average Bonchev–Trinajstić information content (AvgIpc) is 3.22. The van der Waals surface area contributed by atoms with Crippen molar-refractivity contribution in [1.82, 2.24) is 4.98 Å². The first kappa shape index (κ1) is 19.7. The van der Waals surface area contributed by atoms with Gasteiger partial charge in [-0.3, -0.25) is 5.43 Å². The third-order valence-electron chi connectivity index (χ3n) is 4.14. The topological polar surface area (TPSA) is 46.5 Å². The molecule has 7 heteroatoms. The molecule has 0 atom stereocenters. The molecule has 0 bridgehead atoms. The van der Waals surface area contributed by atoms with Crippen LogP contribution < -0.4 is 10.2 Å². The number of hydrazone groups is 1. The SMILES string of the molecule is Fc1cc(F)cc(OCc2cccc(C=NNc3nc(-c4ccccc4)cs3)c2)c1. The van der Waals surface area contributed by atoms with E-state index in [4.69, 9.17) is 4.74 Å². The number of aromatic nitrogens is 1. The van der Waals surface area contributed by atoms with Crippen molar-refractivity contribution < 1.29 is 13.5 Å². The summed E-state index contributed by atoms with van der Waals surface area (Å²) in [5.74, 6) is -1.20. The smallest absolute Gasteiger partial charge is 0.203 e. The number of thiazole rings is 1. The van der Waals surface area contributed by atoms with Crippen molar-refractivity contribution in [3.8, 4) is 17.0 Å². The largest absolute Gasteiger partial charge is 0.489 e. The molecule has 0 fully saturated rings. The van der Waals surface area contributed by atoms with Crippen LogP contribution in [-0.2, 0) is 6.61 Å². The van der Waals surface area contributed by atoms with Crippen LogP contribution in [0.15, 0.2) is 83.3 Å². The minimum atomic E-state index is -0.672. The standard InChI is InChI=1S/C23H17F2N3OS/c24-19-10-20(25)12-21(11-19)29-14-17-6-4-5-16(9-17)13-26-28-23-27-22(15-30-23)18-7-2-1-3-8-18/h1-13,15H,14H2,(H,27,28). The summed E-state index contributed by atoms with van der Waals surface area (Å²) in [5.41, 5.74) is 6.59. The van der Waals surface area contributed by atoms with Crippen LogP contribution in [0.2, 0.25) is 0 Å². The lowest BCUT2D eigenvalue weighted by Gasteiger charge is -2.07. The summed E-state index contributed by atoms with van der Waals surface area (Å²) in [4.78, 5) is 4.52. The molecule has 0 aliphatic heterocycles. The molecule has 0 aliphatic carbocycles. The second-order valence-electron chi connectivity index (χ2n) is 6.41. The molecule has 1 N–H and O–H groups in total. The summed E-state index contributed by atoms with van der Waals surface area (Å²) in [7, 11) is 0. The zero-order valence-electron chi connectivity index (χ0n) is 15.8. The number of hydrogen-bond donors (Lipinski definition) is 1. The van der Waals surface area contributed by atoms with Gasteiger partial charge in [-0.25, -0.2) is 13.8 Å². The zero-order chi connectivity index (χ0) is 20.8. The molecule has 3 aromatic carbocycles. The number of ether oxygens (including phenoxy) is 1. The van der Waals surface area contributed by atoms with E-state index >= 15 is 0 Å². The Morgan fingerprint density at radius 1 is 0.967 bits per heavy atom. The van der Waals surface area contributed by atoms with E-state index in [2.05, 4.69) is 15.5 Å². The van der Waals surface area contributed by atoms with Crippen molar-refractivity contribution in [2.75, 3.05) is 5.43 Å². The van der Waals surface area contributed by atoms with Crippen LogP contribution in [0.4, 0.5) is 13.9 Å². The summed E-state index contributed by atoms with van der Waals surface area (Å²) in [6, 6.07) is 20.6. The normalized spacial score (nSPS) is 11.0. The maximum Gasteiger partial charge on any atom is 0.203 e. The van der Waals surface area contributed by atoms with Gasteiger partial charge in [0.25, 0.3) is 0 Å². The van der Waals surface area contributed by atoms with Crippen LogP contribution >= 0.6 is 11.3 Å². The van der Waals surface area contributed by atoms with Gasteiger partial charge < -0.3 is 4.74 Å². The Hall–Kier alpha value is -3.58. The van der Waals surface area contributed by atoms with Crippen molar-refractivity contribution in [2.24, 2.45) is 5.10 Å². The molecule has 4 nitrogen and oxygen atoms in total. The third kappa shape index (κ3) is 5.27. The van der Waals surface area contributed by atoms with Gasteiger partial charge >= 0.3 is 0 Å². The van der Waals surface area contributed by atoms with Crippen LogP contribution in [0.3, 0.4) is 0 Å². The highest BCUT2D eigenvalue weighted by atomic mass is 32.1. The maximum atomic E-state index is 13.2. The number of nitrogens with one attached hydrogen (secondary N) is 1. The Morgan fingerprint density at radius 3 is 2.57 bits per heavy atom. The van der Waals surface area contributed by atoms with Crippen molar-refractivity contribution in [2.45, 2.75) is 6.61 Å². The third-order valence-corrected chi connectivity index (χ3v) is 4.89. The van der Waals surface area contributed by atoms with E-state index in [1.54, 1.807) is 6.21 Å². The lowest BCUT2D eigenvalue weighted by atomic mass is 10.1. The molecule has 0 saturated carbocycles. The van der Waals surface area contributed by atoms with E-state index in [1.165, 1.54) is 11.3 Å². The van der Waals surface area contributed by atoms with Crippen LogP contribution in [0.5, 0.6) is 5.75 Å². The number of rotatable bonds is 7. The van der Waals surface area contributed by atoms with Crippen LogP contribution in [0.25, 0.3) is 11.3 Å². The van der Waals surface area contributed by atoms with Gasteiger partial charge in [0.05, 0.1) is 11.9 Å².